The highest BCUT2D eigenvalue weighted by Gasteiger charge is 2.14. The predicted molar refractivity (Wildman–Crippen MR) is 49.8 cm³/mol. The molecule has 0 aromatic heterocycles. The molecule has 0 aliphatic heterocycles. The highest BCUT2D eigenvalue weighted by atomic mass is 15.2. The molecule has 0 aliphatic carbocycles. The SMILES string of the molecule is CCC/C=C(\NN)C(C)(C)C. The Balaban J connectivity index is 4.16. The van der Waals surface area contributed by atoms with E-state index in [0.29, 0.717) is 0 Å². The molecule has 0 rings (SSSR count). The molecule has 0 aromatic carbocycles. The Morgan fingerprint density at radius 1 is 1.45 bits per heavy atom. The molecule has 0 radical (unpaired) electrons. The Bertz CT molecular complexity index is 131. The van der Waals surface area contributed by atoms with E-state index < -0.39 is 0 Å². The van der Waals surface area contributed by atoms with Crippen molar-refractivity contribution in [1.29, 1.82) is 0 Å². The molecule has 0 unspecified atom stereocenters. The summed E-state index contributed by atoms with van der Waals surface area (Å²) < 4.78 is 0. The zero-order valence-corrected chi connectivity index (χ0v) is 8.07. The second-order valence-electron chi connectivity index (χ2n) is 3.80. The monoisotopic (exact) mass is 156 g/mol. The van der Waals surface area contributed by atoms with Gasteiger partial charge < -0.3 is 5.43 Å². The molecule has 0 saturated carbocycles. The quantitative estimate of drug-likeness (QED) is 0.485. The minimum absolute atomic E-state index is 0.143. The molecule has 0 saturated heterocycles. The van der Waals surface area contributed by atoms with Gasteiger partial charge in [0.05, 0.1) is 0 Å². The zero-order chi connectivity index (χ0) is 8.91. The molecule has 3 N–H and O–H groups in total. The van der Waals surface area contributed by atoms with Gasteiger partial charge in [0.25, 0.3) is 0 Å². The van der Waals surface area contributed by atoms with E-state index in [1.807, 2.05) is 0 Å². The van der Waals surface area contributed by atoms with Crippen LogP contribution in [0.25, 0.3) is 0 Å². The van der Waals surface area contributed by atoms with Crippen molar-refractivity contribution < 1.29 is 0 Å². The standard InChI is InChI=1S/C9H20N2/c1-5-6-7-8(11-10)9(2,3)4/h7,11H,5-6,10H2,1-4H3/b8-7-. The van der Waals surface area contributed by atoms with E-state index >= 15 is 0 Å². The van der Waals surface area contributed by atoms with Crippen LogP contribution in [0.5, 0.6) is 0 Å². The maximum absolute atomic E-state index is 5.38. The van der Waals surface area contributed by atoms with Crippen molar-refractivity contribution in [3.05, 3.63) is 11.8 Å². The van der Waals surface area contributed by atoms with Crippen LogP contribution in [0.4, 0.5) is 0 Å². The number of hydrogen-bond donors (Lipinski definition) is 2. The minimum Gasteiger partial charge on any atom is -0.328 e. The summed E-state index contributed by atoms with van der Waals surface area (Å²) in [7, 11) is 0. The number of hydrogen-bond acceptors (Lipinski definition) is 2. The average Bonchev–Trinajstić information content (AvgIpc) is 1.87. The van der Waals surface area contributed by atoms with E-state index in [9.17, 15) is 0 Å². The molecular weight excluding hydrogens is 136 g/mol. The van der Waals surface area contributed by atoms with Gasteiger partial charge in [0.2, 0.25) is 0 Å². The fourth-order valence-corrected chi connectivity index (χ4v) is 0.870. The van der Waals surface area contributed by atoms with Crippen LogP contribution in [0.2, 0.25) is 0 Å². The number of allylic oxidation sites excluding steroid dienone is 2. The van der Waals surface area contributed by atoms with Crippen molar-refractivity contribution >= 4 is 0 Å². The molecule has 2 heteroatoms. The molecule has 0 atom stereocenters. The molecular formula is C9H20N2. The summed E-state index contributed by atoms with van der Waals surface area (Å²) in [5.41, 5.74) is 4.01. The highest BCUT2D eigenvalue weighted by molar-refractivity contribution is 5.07. The van der Waals surface area contributed by atoms with E-state index in [4.69, 9.17) is 5.84 Å². The van der Waals surface area contributed by atoms with Crippen LogP contribution in [-0.2, 0) is 0 Å². The number of unbranched alkanes of at least 4 members (excludes halogenated alkanes) is 1. The van der Waals surface area contributed by atoms with Crippen molar-refractivity contribution in [3.8, 4) is 0 Å². The van der Waals surface area contributed by atoms with Gasteiger partial charge in [-0.25, -0.2) is 0 Å². The Labute approximate surface area is 69.8 Å². The summed E-state index contributed by atoms with van der Waals surface area (Å²) in [5, 5.41) is 0. The predicted octanol–water partition coefficient (Wildman–Crippen LogP) is 2.18. The van der Waals surface area contributed by atoms with Crippen molar-refractivity contribution in [1.82, 2.24) is 5.43 Å². The fourth-order valence-electron chi connectivity index (χ4n) is 0.870. The molecule has 0 aromatic rings. The number of nitrogens with one attached hydrogen (secondary N) is 1. The Morgan fingerprint density at radius 2 is 2.00 bits per heavy atom. The van der Waals surface area contributed by atoms with Gasteiger partial charge in [-0.05, 0) is 6.42 Å². The van der Waals surface area contributed by atoms with Crippen molar-refractivity contribution in [2.75, 3.05) is 0 Å². The molecule has 0 bridgehead atoms. The summed E-state index contributed by atoms with van der Waals surface area (Å²) in [6.07, 6.45) is 4.43. The first-order valence-electron chi connectivity index (χ1n) is 4.19. The average molecular weight is 156 g/mol. The van der Waals surface area contributed by atoms with Crippen LogP contribution in [0.3, 0.4) is 0 Å². The van der Waals surface area contributed by atoms with Gasteiger partial charge >= 0.3 is 0 Å². The number of nitrogens with two attached hydrogens (primary N) is 1. The molecule has 66 valence electrons. The van der Waals surface area contributed by atoms with Gasteiger partial charge in [-0.2, -0.15) is 0 Å². The van der Waals surface area contributed by atoms with Gasteiger partial charge in [-0.15, -0.1) is 0 Å². The van der Waals surface area contributed by atoms with Gasteiger partial charge in [0, 0.05) is 11.1 Å². The molecule has 0 fully saturated rings. The number of hydrazine groups is 1. The largest absolute Gasteiger partial charge is 0.328 e. The van der Waals surface area contributed by atoms with Crippen LogP contribution in [-0.4, -0.2) is 0 Å². The second-order valence-corrected chi connectivity index (χ2v) is 3.80. The topological polar surface area (TPSA) is 38.0 Å². The van der Waals surface area contributed by atoms with Gasteiger partial charge in [0.15, 0.2) is 0 Å². The second kappa shape index (κ2) is 4.39. The smallest absolute Gasteiger partial charge is 0.0272 e. The summed E-state index contributed by atoms with van der Waals surface area (Å²) in [6, 6.07) is 0. The van der Waals surface area contributed by atoms with Gasteiger partial charge in [-0.3, -0.25) is 5.84 Å². The Morgan fingerprint density at radius 3 is 2.27 bits per heavy atom. The van der Waals surface area contributed by atoms with Crippen LogP contribution in [0.1, 0.15) is 40.5 Å². The van der Waals surface area contributed by atoms with Crippen molar-refractivity contribution in [2.45, 2.75) is 40.5 Å². The summed E-state index contributed by atoms with van der Waals surface area (Å²) in [6.45, 7) is 8.60. The zero-order valence-electron chi connectivity index (χ0n) is 8.07. The van der Waals surface area contributed by atoms with E-state index in [1.165, 1.54) is 6.42 Å². The Kier molecular flexibility index (Phi) is 4.19. The maximum atomic E-state index is 5.38. The minimum atomic E-state index is 0.143. The summed E-state index contributed by atoms with van der Waals surface area (Å²) in [5.74, 6) is 5.38. The van der Waals surface area contributed by atoms with Crippen LogP contribution < -0.4 is 11.3 Å². The lowest BCUT2D eigenvalue weighted by Crippen LogP contribution is -2.29. The maximum Gasteiger partial charge on any atom is 0.0272 e. The van der Waals surface area contributed by atoms with E-state index in [-0.39, 0.29) is 5.41 Å². The normalized spacial score (nSPS) is 13.4. The van der Waals surface area contributed by atoms with E-state index in [2.05, 4.69) is 39.2 Å². The third kappa shape index (κ3) is 4.04. The molecule has 0 heterocycles. The van der Waals surface area contributed by atoms with E-state index in [1.54, 1.807) is 0 Å². The first-order valence-corrected chi connectivity index (χ1v) is 4.19. The number of rotatable bonds is 3. The van der Waals surface area contributed by atoms with Crippen LogP contribution >= 0.6 is 0 Å². The fraction of sp³-hybridized carbons (Fsp3) is 0.778. The summed E-state index contributed by atoms with van der Waals surface area (Å²) in [4.78, 5) is 0. The van der Waals surface area contributed by atoms with E-state index in [0.717, 1.165) is 12.1 Å². The first-order chi connectivity index (χ1) is 5.02. The lowest BCUT2D eigenvalue weighted by Gasteiger charge is -2.22. The summed E-state index contributed by atoms with van der Waals surface area (Å²) >= 11 is 0. The van der Waals surface area contributed by atoms with Crippen molar-refractivity contribution in [3.63, 3.8) is 0 Å². The molecule has 0 amide bonds. The molecule has 2 nitrogen and oxygen atoms in total. The van der Waals surface area contributed by atoms with Crippen molar-refractivity contribution in [2.24, 2.45) is 11.3 Å². The van der Waals surface area contributed by atoms with Crippen LogP contribution in [0.15, 0.2) is 11.8 Å². The third-order valence-corrected chi connectivity index (χ3v) is 1.60. The Hall–Kier alpha value is -0.500. The lowest BCUT2D eigenvalue weighted by molar-refractivity contribution is 0.461. The van der Waals surface area contributed by atoms with Gasteiger partial charge in [0.1, 0.15) is 0 Å². The lowest BCUT2D eigenvalue weighted by atomic mass is 9.91. The highest BCUT2D eigenvalue weighted by Crippen LogP contribution is 2.22. The third-order valence-electron chi connectivity index (χ3n) is 1.60. The molecule has 0 spiro atoms. The first kappa shape index (κ1) is 10.5. The molecule has 0 aliphatic rings. The van der Waals surface area contributed by atoms with Gasteiger partial charge in [-0.1, -0.05) is 40.2 Å². The molecule has 11 heavy (non-hydrogen) atoms. The van der Waals surface area contributed by atoms with Crippen LogP contribution in [0, 0.1) is 5.41 Å².